The van der Waals surface area contributed by atoms with E-state index in [9.17, 15) is 0 Å². The predicted molar refractivity (Wildman–Crippen MR) is 57.3 cm³/mol. The van der Waals surface area contributed by atoms with Crippen LogP contribution in [0.15, 0.2) is 23.5 Å². The summed E-state index contributed by atoms with van der Waals surface area (Å²) in [4.78, 5) is 0. The molecule has 0 unspecified atom stereocenters. The third-order valence-corrected chi connectivity index (χ3v) is 2.54. The lowest BCUT2D eigenvalue weighted by atomic mass is 10.0. The van der Waals surface area contributed by atoms with E-state index in [0.717, 1.165) is 25.3 Å². The maximum Gasteiger partial charge on any atom is 0.0728 e. The van der Waals surface area contributed by atoms with Crippen molar-refractivity contribution < 1.29 is 0 Å². The van der Waals surface area contributed by atoms with Crippen molar-refractivity contribution in [2.24, 2.45) is 7.05 Å². The van der Waals surface area contributed by atoms with Gasteiger partial charge in [-0.05, 0) is 12.5 Å². The van der Waals surface area contributed by atoms with Crippen LogP contribution >= 0.6 is 0 Å². The zero-order chi connectivity index (χ0) is 9.97. The number of nitrogens with one attached hydrogen (secondary N) is 2. The lowest BCUT2D eigenvalue weighted by Gasteiger charge is -2.22. The molecule has 2 heterocycles. The quantitative estimate of drug-likeness (QED) is 0.694. The third kappa shape index (κ3) is 1.96. The number of hydrogen-bond donors (Lipinski definition) is 2. The Balaban J connectivity index is 1.88. The predicted octanol–water partition coefficient (Wildman–Crippen LogP) is 0.752. The molecule has 0 aliphatic carbocycles. The molecule has 0 atom stereocenters. The van der Waals surface area contributed by atoms with E-state index in [1.54, 1.807) is 4.68 Å². The lowest BCUT2D eigenvalue weighted by molar-refractivity contribution is 0.656. The summed E-state index contributed by atoms with van der Waals surface area (Å²) in [5, 5.41) is 10.7. The van der Waals surface area contributed by atoms with Gasteiger partial charge in [-0.3, -0.25) is 4.68 Å². The van der Waals surface area contributed by atoms with Gasteiger partial charge in [0.15, 0.2) is 0 Å². The fourth-order valence-electron chi connectivity index (χ4n) is 1.42. The summed E-state index contributed by atoms with van der Waals surface area (Å²) in [5.41, 5.74) is 4.05. The van der Waals surface area contributed by atoms with E-state index in [1.807, 2.05) is 19.4 Å². The molecule has 0 aromatic carbocycles. The number of aromatic nitrogens is 2. The Hall–Kier alpha value is -1.29. The van der Waals surface area contributed by atoms with Gasteiger partial charge in [0.2, 0.25) is 0 Å². The molecule has 14 heavy (non-hydrogen) atoms. The van der Waals surface area contributed by atoms with Crippen LogP contribution in [0.5, 0.6) is 0 Å². The standard InChI is InChI=1S/C10H16N4/c1-8(9-4-11-5-9)3-12-10-6-13-14(2)7-10/h6-7,11-12H,3-5H2,1-2H3. The van der Waals surface area contributed by atoms with Gasteiger partial charge >= 0.3 is 0 Å². The molecule has 0 saturated carbocycles. The second-order valence-electron chi connectivity index (χ2n) is 3.74. The summed E-state index contributed by atoms with van der Waals surface area (Å²) in [5.74, 6) is 0. The van der Waals surface area contributed by atoms with E-state index in [-0.39, 0.29) is 0 Å². The number of nitrogens with zero attached hydrogens (tertiary/aromatic N) is 2. The first-order chi connectivity index (χ1) is 6.75. The summed E-state index contributed by atoms with van der Waals surface area (Å²) in [6, 6.07) is 0. The SMILES string of the molecule is CC(CNc1cnn(C)c1)=C1CNC1. The van der Waals surface area contributed by atoms with Gasteiger partial charge in [0.1, 0.15) is 0 Å². The number of hydrogen-bond acceptors (Lipinski definition) is 3. The number of aryl methyl sites for hydroxylation is 1. The highest BCUT2D eigenvalue weighted by Gasteiger charge is 2.10. The van der Waals surface area contributed by atoms with E-state index in [2.05, 4.69) is 22.7 Å². The molecule has 1 aromatic rings. The Morgan fingerprint density at radius 2 is 2.43 bits per heavy atom. The molecule has 1 aliphatic rings. The Kier molecular flexibility index (Phi) is 2.54. The number of rotatable bonds is 3. The molecule has 0 radical (unpaired) electrons. The minimum absolute atomic E-state index is 0.919. The van der Waals surface area contributed by atoms with Crippen molar-refractivity contribution in [2.45, 2.75) is 6.92 Å². The van der Waals surface area contributed by atoms with Crippen LogP contribution in [-0.4, -0.2) is 29.4 Å². The van der Waals surface area contributed by atoms with Crippen LogP contribution in [-0.2, 0) is 7.05 Å². The van der Waals surface area contributed by atoms with Crippen LogP contribution in [0.1, 0.15) is 6.92 Å². The topological polar surface area (TPSA) is 41.9 Å². The van der Waals surface area contributed by atoms with Gasteiger partial charge in [0, 0.05) is 32.9 Å². The Morgan fingerprint density at radius 1 is 1.64 bits per heavy atom. The van der Waals surface area contributed by atoms with Gasteiger partial charge in [-0.2, -0.15) is 5.10 Å². The largest absolute Gasteiger partial charge is 0.379 e. The highest BCUT2D eigenvalue weighted by Crippen LogP contribution is 2.10. The van der Waals surface area contributed by atoms with E-state index < -0.39 is 0 Å². The second kappa shape index (κ2) is 3.84. The van der Waals surface area contributed by atoms with Crippen LogP contribution in [0.4, 0.5) is 5.69 Å². The normalized spacial score (nSPS) is 15.1. The maximum atomic E-state index is 4.10. The van der Waals surface area contributed by atoms with Crippen molar-refractivity contribution >= 4 is 5.69 Å². The van der Waals surface area contributed by atoms with E-state index in [4.69, 9.17) is 0 Å². The monoisotopic (exact) mass is 192 g/mol. The summed E-state index contributed by atoms with van der Waals surface area (Å²) in [6.07, 6.45) is 3.83. The molecule has 0 amide bonds. The first kappa shape index (κ1) is 9.27. The highest BCUT2D eigenvalue weighted by molar-refractivity contribution is 5.40. The minimum Gasteiger partial charge on any atom is -0.379 e. The van der Waals surface area contributed by atoms with Crippen LogP contribution < -0.4 is 10.6 Å². The van der Waals surface area contributed by atoms with Crippen LogP contribution in [0.25, 0.3) is 0 Å². The van der Waals surface area contributed by atoms with Crippen molar-refractivity contribution in [3.8, 4) is 0 Å². The molecule has 2 N–H and O–H groups in total. The van der Waals surface area contributed by atoms with Crippen LogP contribution in [0, 0.1) is 0 Å². The smallest absolute Gasteiger partial charge is 0.0728 e. The van der Waals surface area contributed by atoms with Gasteiger partial charge in [-0.1, -0.05) is 5.57 Å². The molecule has 1 saturated heterocycles. The van der Waals surface area contributed by atoms with Gasteiger partial charge in [0.25, 0.3) is 0 Å². The molecule has 0 bridgehead atoms. The van der Waals surface area contributed by atoms with Crippen molar-refractivity contribution in [1.82, 2.24) is 15.1 Å². The van der Waals surface area contributed by atoms with Crippen molar-refractivity contribution in [1.29, 1.82) is 0 Å². The van der Waals surface area contributed by atoms with Gasteiger partial charge in [0.05, 0.1) is 11.9 Å². The fourth-order valence-corrected chi connectivity index (χ4v) is 1.42. The molecular weight excluding hydrogens is 176 g/mol. The van der Waals surface area contributed by atoms with E-state index in [1.165, 1.54) is 11.1 Å². The Labute approximate surface area is 84.0 Å². The van der Waals surface area contributed by atoms with E-state index in [0.29, 0.717) is 0 Å². The summed E-state index contributed by atoms with van der Waals surface area (Å²) >= 11 is 0. The average Bonchev–Trinajstić information content (AvgIpc) is 2.45. The second-order valence-corrected chi connectivity index (χ2v) is 3.74. The van der Waals surface area contributed by atoms with Crippen LogP contribution in [0.2, 0.25) is 0 Å². The molecule has 4 nitrogen and oxygen atoms in total. The highest BCUT2D eigenvalue weighted by atomic mass is 15.3. The van der Waals surface area contributed by atoms with Crippen LogP contribution in [0.3, 0.4) is 0 Å². The number of anilines is 1. The van der Waals surface area contributed by atoms with Gasteiger partial charge < -0.3 is 10.6 Å². The van der Waals surface area contributed by atoms with Crippen molar-refractivity contribution in [3.63, 3.8) is 0 Å². The zero-order valence-corrected chi connectivity index (χ0v) is 8.67. The molecule has 4 heteroatoms. The first-order valence-electron chi connectivity index (χ1n) is 4.86. The average molecular weight is 192 g/mol. The summed E-state index contributed by atoms with van der Waals surface area (Å²) in [6.45, 7) is 5.21. The fraction of sp³-hybridized carbons (Fsp3) is 0.500. The summed E-state index contributed by atoms with van der Waals surface area (Å²) < 4.78 is 1.80. The first-order valence-corrected chi connectivity index (χ1v) is 4.86. The molecule has 0 spiro atoms. The van der Waals surface area contributed by atoms with Crippen molar-refractivity contribution in [3.05, 3.63) is 23.5 Å². The van der Waals surface area contributed by atoms with Gasteiger partial charge in [-0.15, -0.1) is 0 Å². The lowest BCUT2D eigenvalue weighted by Crippen LogP contribution is -2.35. The summed E-state index contributed by atoms with van der Waals surface area (Å²) in [7, 11) is 1.92. The molecule has 1 aliphatic heterocycles. The molecular formula is C10H16N4. The Morgan fingerprint density at radius 3 is 2.93 bits per heavy atom. The molecule has 2 rings (SSSR count). The zero-order valence-electron chi connectivity index (χ0n) is 8.67. The maximum absolute atomic E-state index is 4.10. The third-order valence-electron chi connectivity index (χ3n) is 2.54. The molecule has 1 fully saturated rings. The Bertz CT molecular complexity index is 345. The van der Waals surface area contributed by atoms with Gasteiger partial charge in [-0.25, -0.2) is 0 Å². The van der Waals surface area contributed by atoms with E-state index >= 15 is 0 Å². The molecule has 76 valence electrons. The minimum atomic E-state index is 0.919. The van der Waals surface area contributed by atoms with Crippen molar-refractivity contribution in [2.75, 3.05) is 25.0 Å². The molecule has 1 aromatic heterocycles.